The second-order valence-electron chi connectivity index (χ2n) is 7.38. The van der Waals surface area contributed by atoms with Crippen molar-refractivity contribution in [3.05, 3.63) is 47.1 Å². The summed E-state index contributed by atoms with van der Waals surface area (Å²) in [7, 11) is 1.57. The number of rotatable bonds is 3. The standard InChI is InChI=1S/C21H26O6/c1-7-12(3)19(22)25-15-8-11(2)9-21(24-6)10-13(4)17(27-21)18-16(15)14(5)20(23)26-18/h7,9-10,15-18H,5,8H2,1-4,6H3/b11-9-,12-7-/t15-,16+,17+,18-,21-/m0/s1. The Morgan fingerprint density at radius 1 is 1.37 bits per heavy atom. The molecule has 0 aromatic heterocycles. The van der Waals surface area contributed by atoms with Gasteiger partial charge in [0.05, 0.1) is 5.92 Å². The van der Waals surface area contributed by atoms with Crippen molar-refractivity contribution in [2.45, 2.75) is 58.2 Å². The zero-order valence-corrected chi connectivity index (χ0v) is 16.4. The van der Waals surface area contributed by atoms with E-state index in [9.17, 15) is 9.59 Å². The Hall–Kier alpha value is -2.18. The molecule has 6 heteroatoms. The van der Waals surface area contributed by atoms with Crippen LogP contribution in [0.2, 0.25) is 0 Å². The lowest BCUT2D eigenvalue weighted by molar-refractivity contribution is -0.189. The number of ether oxygens (including phenoxy) is 4. The van der Waals surface area contributed by atoms with Crippen LogP contribution >= 0.6 is 0 Å². The van der Waals surface area contributed by atoms with Gasteiger partial charge in [0, 0.05) is 24.7 Å². The molecule has 3 rings (SSSR count). The average molecular weight is 374 g/mol. The quantitative estimate of drug-likeness (QED) is 0.430. The first kappa shape index (κ1) is 19.6. The SMILES string of the molecule is C=C1C(=O)O[C@H]2[C@H]1[C@@H](OC(=O)/C(C)=C\C)C/C(C)=C\[C@@]1(OC)C=C(C)[C@H]2O1. The summed E-state index contributed by atoms with van der Waals surface area (Å²) in [6, 6.07) is 0. The molecule has 27 heavy (non-hydrogen) atoms. The molecule has 0 aromatic carbocycles. The van der Waals surface area contributed by atoms with Crippen LogP contribution in [0.1, 0.15) is 34.1 Å². The van der Waals surface area contributed by atoms with E-state index < -0.39 is 42.0 Å². The van der Waals surface area contributed by atoms with Gasteiger partial charge in [0.2, 0.25) is 5.79 Å². The molecule has 1 fully saturated rings. The Labute approximate surface area is 159 Å². The summed E-state index contributed by atoms with van der Waals surface area (Å²) >= 11 is 0. The summed E-state index contributed by atoms with van der Waals surface area (Å²) in [5, 5.41) is 0. The smallest absolute Gasteiger partial charge is 0.334 e. The summed E-state index contributed by atoms with van der Waals surface area (Å²) in [5.74, 6) is -2.41. The molecule has 0 aromatic rings. The fourth-order valence-electron chi connectivity index (χ4n) is 3.90. The molecule has 3 aliphatic rings. The first-order chi connectivity index (χ1) is 12.7. The fraction of sp³-hybridized carbons (Fsp3) is 0.524. The Kier molecular flexibility index (Phi) is 5.14. The summed E-state index contributed by atoms with van der Waals surface area (Å²) in [6.45, 7) is 11.2. The molecule has 6 nitrogen and oxygen atoms in total. The highest BCUT2D eigenvalue weighted by Crippen LogP contribution is 2.44. The molecule has 1 saturated heterocycles. The molecule has 0 saturated carbocycles. The molecule has 0 spiro atoms. The third-order valence-electron chi connectivity index (χ3n) is 5.45. The third kappa shape index (κ3) is 3.39. The van der Waals surface area contributed by atoms with E-state index >= 15 is 0 Å². The van der Waals surface area contributed by atoms with Crippen molar-refractivity contribution < 1.29 is 28.5 Å². The molecule has 146 valence electrons. The molecule has 0 aliphatic carbocycles. The second-order valence-corrected chi connectivity index (χ2v) is 7.38. The zero-order valence-electron chi connectivity index (χ0n) is 16.4. The summed E-state index contributed by atoms with van der Waals surface area (Å²) in [4.78, 5) is 24.7. The molecule has 5 atom stereocenters. The number of hydrogen-bond acceptors (Lipinski definition) is 6. The number of hydrogen-bond donors (Lipinski definition) is 0. The van der Waals surface area contributed by atoms with Gasteiger partial charge < -0.3 is 18.9 Å². The summed E-state index contributed by atoms with van der Waals surface area (Å²) in [5.41, 5.74) is 2.63. The van der Waals surface area contributed by atoms with Gasteiger partial charge in [-0.2, -0.15) is 0 Å². The molecular weight excluding hydrogens is 348 g/mol. The number of allylic oxidation sites excluding steroid dienone is 1. The average Bonchev–Trinajstić information content (AvgIpc) is 3.11. The molecule has 3 aliphatic heterocycles. The van der Waals surface area contributed by atoms with Crippen molar-refractivity contribution in [3.8, 4) is 0 Å². The van der Waals surface area contributed by atoms with Crippen LogP contribution in [0.25, 0.3) is 0 Å². The normalized spacial score (nSPS) is 38.0. The van der Waals surface area contributed by atoms with E-state index in [1.165, 1.54) is 0 Å². The van der Waals surface area contributed by atoms with Crippen molar-refractivity contribution in [1.82, 2.24) is 0 Å². The highest BCUT2D eigenvalue weighted by molar-refractivity contribution is 5.91. The van der Waals surface area contributed by atoms with E-state index in [0.29, 0.717) is 17.6 Å². The van der Waals surface area contributed by atoms with E-state index in [1.54, 1.807) is 27.0 Å². The predicted molar refractivity (Wildman–Crippen MR) is 98.6 cm³/mol. The maximum Gasteiger partial charge on any atom is 0.334 e. The fourth-order valence-corrected chi connectivity index (χ4v) is 3.90. The molecule has 2 bridgehead atoms. The highest BCUT2D eigenvalue weighted by atomic mass is 16.7. The largest absolute Gasteiger partial charge is 0.458 e. The summed E-state index contributed by atoms with van der Waals surface area (Å²) < 4.78 is 23.2. The Morgan fingerprint density at radius 3 is 2.70 bits per heavy atom. The van der Waals surface area contributed by atoms with E-state index in [-0.39, 0.29) is 0 Å². The van der Waals surface area contributed by atoms with Gasteiger partial charge in [0.1, 0.15) is 18.3 Å². The van der Waals surface area contributed by atoms with Crippen molar-refractivity contribution in [2.24, 2.45) is 5.92 Å². The Bertz CT molecular complexity index is 774. The highest BCUT2D eigenvalue weighted by Gasteiger charge is 2.54. The predicted octanol–water partition coefficient (Wildman–Crippen LogP) is 3.00. The summed E-state index contributed by atoms with van der Waals surface area (Å²) in [6.07, 6.45) is 4.19. The van der Waals surface area contributed by atoms with Gasteiger partial charge in [0.25, 0.3) is 0 Å². The van der Waals surface area contributed by atoms with Crippen LogP contribution in [0, 0.1) is 5.92 Å². The third-order valence-corrected chi connectivity index (χ3v) is 5.45. The van der Waals surface area contributed by atoms with Crippen molar-refractivity contribution in [2.75, 3.05) is 7.11 Å². The van der Waals surface area contributed by atoms with Gasteiger partial charge in [-0.3, -0.25) is 0 Å². The number of carbonyl (C=O) groups is 2. The Balaban J connectivity index is 2.05. The van der Waals surface area contributed by atoms with E-state index in [1.807, 2.05) is 26.0 Å². The minimum atomic E-state index is -1.02. The molecule has 3 heterocycles. The molecule has 0 N–H and O–H groups in total. The lowest BCUT2D eigenvalue weighted by Gasteiger charge is -2.30. The van der Waals surface area contributed by atoms with E-state index in [4.69, 9.17) is 18.9 Å². The van der Waals surface area contributed by atoms with Gasteiger partial charge in [-0.1, -0.05) is 18.2 Å². The molecule has 0 amide bonds. The number of fused-ring (bicyclic) bond motifs is 4. The first-order valence-electron chi connectivity index (χ1n) is 9.05. The van der Waals surface area contributed by atoms with Crippen molar-refractivity contribution in [1.29, 1.82) is 0 Å². The second kappa shape index (κ2) is 7.09. The lowest BCUT2D eigenvalue weighted by atomic mass is 9.83. The van der Waals surface area contributed by atoms with Crippen molar-refractivity contribution in [3.63, 3.8) is 0 Å². The van der Waals surface area contributed by atoms with Gasteiger partial charge >= 0.3 is 11.9 Å². The first-order valence-corrected chi connectivity index (χ1v) is 9.05. The van der Waals surface area contributed by atoms with Gasteiger partial charge in [-0.15, -0.1) is 0 Å². The van der Waals surface area contributed by atoms with Gasteiger partial charge in [-0.05, 0) is 45.4 Å². The van der Waals surface area contributed by atoms with E-state index in [0.717, 1.165) is 11.1 Å². The van der Waals surface area contributed by atoms with Crippen LogP contribution in [0.15, 0.2) is 47.1 Å². The van der Waals surface area contributed by atoms with Crippen LogP contribution in [-0.2, 0) is 28.5 Å². The van der Waals surface area contributed by atoms with Crippen LogP contribution in [0.3, 0.4) is 0 Å². The topological polar surface area (TPSA) is 71.1 Å². The maximum absolute atomic E-state index is 12.4. The maximum atomic E-state index is 12.4. The molecular formula is C21H26O6. The zero-order chi connectivity index (χ0) is 19.9. The van der Waals surface area contributed by atoms with Crippen LogP contribution in [-0.4, -0.2) is 43.1 Å². The minimum absolute atomic E-state index is 0.303. The van der Waals surface area contributed by atoms with Crippen LogP contribution < -0.4 is 0 Å². The number of methoxy groups -OCH3 is 1. The monoisotopic (exact) mass is 374 g/mol. The van der Waals surface area contributed by atoms with Crippen molar-refractivity contribution >= 4 is 11.9 Å². The van der Waals surface area contributed by atoms with Gasteiger partial charge in [0.15, 0.2) is 0 Å². The van der Waals surface area contributed by atoms with Gasteiger partial charge in [-0.25, -0.2) is 9.59 Å². The van der Waals surface area contributed by atoms with Crippen LogP contribution in [0.4, 0.5) is 0 Å². The number of esters is 2. The number of carbonyl (C=O) groups excluding carboxylic acids is 2. The van der Waals surface area contributed by atoms with Crippen LogP contribution in [0.5, 0.6) is 0 Å². The molecule has 0 unspecified atom stereocenters. The Morgan fingerprint density at radius 2 is 2.07 bits per heavy atom. The minimum Gasteiger partial charge on any atom is -0.458 e. The molecule has 0 radical (unpaired) electrons. The lowest BCUT2D eigenvalue weighted by Crippen LogP contribution is -2.41. The van der Waals surface area contributed by atoms with E-state index in [2.05, 4.69) is 6.58 Å².